The largest absolute Gasteiger partial charge is 0.456 e. The minimum Gasteiger partial charge on any atom is -0.456 e. The Hall–Kier alpha value is -3.43. The Morgan fingerprint density at radius 2 is 1.36 bits per heavy atom. The zero-order valence-corrected chi connectivity index (χ0v) is 15.4. The summed E-state index contributed by atoms with van der Waals surface area (Å²) < 4.78 is 6.06. The first-order chi connectivity index (χ1) is 13.6. The summed E-state index contributed by atoms with van der Waals surface area (Å²) in [5, 5.41) is 0.507. The second-order valence-electron chi connectivity index (χ2n) is 6.61. The highest BCUT2D eigenvalue weighted by Crippen LogP contribution is 2.42. The van der Waals surface area contributed by atoms with E-state index in [1.54, 1.807) is 48.5 Å². The lowest BCUT2D eigenvalue weighted by molar-refractivity contribution is 0.0990. The van der Waals surface area contributed by atoms with Gasteiger partial charge in [0, 0.05) is 32.8 Å². The maximum absolute atomic E-state index is 13.1. The zero-order valence-electron chi connectivity index (χ0n) is 14.6. The number of ether oxygens (including phenoxy) is 1. The Bertz CT molecular complexity index is 1180. The summed E-state index contributed by atoms with van der Waals surface area (Å²) in [6.07, 6.45) is 1.75. The number of hydrogen-bond acceptors (Lipinski definition) is 3. The van der Waals surface area contributed by atoms with Crippen molar-refractivity contribution < 1.29 is 14.3 Å². The first-order valence-electron chi connectivity index (χ1n) is 8.81. The van der Waals surface area contributed by atoms with Crippen molar-refractivity contribution in [2.45, 2.75) is 0 Å². The lowest BCUT2D eigenvalue weighted by atomic mass is 9.93. The van der Waals surface area contributed by atoms with Gasteiger partial charge in [-0.25, -0.2) is 0 Å². The van der Waals surface area contributed by atoms with Crippen molar-refractivity contribution in [1.29, 1.82) is 0 Å². The highest BCUT2D eigenvalue weighted by Gasteiger charge is 2.36. The molecule has 1 aliphatic carbocycles. The van der Waals surface area contributed by atoms with Crippen LogP contribution in [0.1, 0.15) is 31.8 Å². The normalized spacial score (nSPS) is 15.1. The summed E-state index contributed by atoms with van der Waals surface area (Å²) in [6, 6.07) is 21.7. The minimum atomic E-state index is -0.271. The molecule has 5 rings (SSSR count). The van der Waals surface area contributed by atoms with Gasteiger partial charge in [-0.1, -0.05) is 66.2 Å². The molecule has 3 aromatic carbocycles. The Kier molecular flexibility index (Phi) is 3.78. The molecule has 0 bridgehead atoms. The fraction of sp³-hybridized carbons (Fsp3) is 0. The van der Waals surface area contributed by atoms with Crippen LogP contribution in [-0.4, -0.2) is 11.6 Å². The van der Waals surface area contributed by atoms with E-state index in [1.807, 2.05) is 30.3 Å². The number of allylic oxidation sites excluding steroid dienone is 3. The topological polar surface area (TPSA) is 43.4 Å². The summed E-state index contributed by atoms with van der Waals surface area (Å²) in [4.78, 5) is 26.1. The van der Waals surface area contributed by atoms with Crippen LogP contribution in [0.3, 0.4) is 0 Å². The van der Waals surface area contributed by atoms with Crippen molar-refractivity contribution in [3.05, 3.63) is 112 Å². The Morgan fingerprint density at radius 3 is 2.04 bits per heavy atom. The van der Waals surface area contributed by atoms with E-state index in [9.17, 15) is 9.59 Å². The number of hydrogen-bond donors (Lipinski definition) is 0. The Balaban J connectivity index is 1.79. The van der Waals surface area contributed by atoms with Crippen LogP contribution in [0, 0.1) is 0 Å². The summed E-state index contributed by atoms with van der Waals surface area (Å²) >= 11 is 6.20. The standard InChI is InChI=1S/C24H13ClO3/c25-15-10-11-20-18(12-15)19(13-21(28-20)14-6-2-1-3-7-14)22-23(26)16-8-4-5-9-17(16)24(22)27/h1-13H. The van der Waals surface area contributed by atoms with Gasteiger partial charge in [-0.15, -0.1) is 0 Å². The number of carbonyl (C=O) groups is 2. The average molecular weight is 385 g/mol. The molecule has 0 saturated heterocycles. The highest BCUT2D eigenvalue weighted by molar-refractivity contribution is 6.43. The molecule has 3 aromatic rings. The minimum absolute atomic E-state index is 0.154. The van der Waals surface area contributed by atoms with Crippen LogP contribution >= 0.6 is 11.6 Å². The molecule has 0 N–H and O–H groups in total. The van der Waals surface area contributed by atoms with Crippen LogP contribution in [0.4, 0.5) is 0 Å². The molecule has 134 valence electrons. The van der Waals surface area contributed by atoms with Crippen LogP contribution in [-0.2, 0) is 0 Å². The van der Waals surface area contributed by atoms with Crippen molar-refractivity contribution in [1.82, 2.24) is 0 Å². The first-order valence-corrected chi connectivity index (χ1v) is 9.19. The second kappa shape index (κ2) is 6.32. The summed E-state index contributed by atoms with van der Waals surface area (Å²) in [7, 11) is 0. The molecule has 0 saturated carbocycles. The quantitative estimate of drug-likeness (QED) is 0.405. The monoisotopic (exact) mass is 384 g/mol. The first kappa shape index (κ1) is 16.7. The molecular weight excluding hydrogens is 372 g/mol. The van der Waals surface area contributed by atoms with E-state index >= 15 is 0 Å². The van der Waals surface area contributed by atoms with Crippen LogP contribution in [0.2, 0.25) is 5.02 Å². The van der Waals surface area contributed by atoms with Crippen LogP contribution < -0.4 is 4.74 Å². The molecule has 0 radical (unpaired) electrons. The van der Waals surface area contributed by atoms with Crippen LogP contribution in [0.25, 0.3) is 11.3 Å². The number of ketones is 2. The number of halogens is 1. The van der Waals surface area contributed by atoms with Crippen molar-refractivity contribution in [3.8, 4) is 5.75 Å². The molecule has 2 aliphatic rings. The number of rotatable bonds is 1. The number of Topliss-reactive ketones (excluding diaryl/α,β-unsaturated/α-hetero) is 2. The van der Waals surface area contributed by atoms with Gasteiger partial charge in [-0.2, -0.15) is 0 Å². The van der Waals surface area contributed by atoms with Gasteiger partial charge >= 0.3 is 0 Å². The predicted molar refractivity (Wildman–Crippen MR) is 109 cm³/mol. The second-order valence-corrected chi connectivity index (χ2v) is 7.05. The van der Waals surface area contributed by atoms with E-state index in [-0.39, 0.29) is 17.1 Å². The van der Waals surface area contributed by atoms with Gasteiger partial charge in [-0.3, -0.25) is 9.59 Å². The molecule has 28 heavy (non-hydrogen) atoms. The van der Waals surface area contributed by atoms with Crippen molar-refractivity contribution >= 4 is 34.5 Å². The number of carbonyl (C=O) groups excluding carboxylic acids is 2. The smallest absolute Gasteiger partial charge is 0.198 e. The molecule has 0 fully saturated rings. The van der Waals surface area contributed by atoms with Gasteiger partial charge in [0.2, 0.25) is 0 Å². The van der Waals surface area contributed by atoms with Gasteiger partial charge in [0.25, 0.3) is 0 Å². The van der Waals surface area contributed by atoms with E-state index < -0.39 is 0 Å². The molecule has 4 heteroatoms. The fourth-order valence-corrected chi connectivity index (χ4v) is 3.78. The van der Waals surface area contributed by atoms with Crippen LogP contribution in [0.5, 0.6) is 5.75 Å². The molecule has 1 aliphatic heterocycles. The van der Waals surface area contributed by atoms with Gasteiger partial charge in [0.1, 0.15) is 11.5 Å². The SMILES string of the molecule is O=C1C(=C2C=C(c3ccccc3)Oc3ccc(Cl)cc32)C(=O)c2ccccc21. The van der Waals surface area contributed by atoms with E-state index in [0.29, 0.717) is 38.8 Å². The third kappa shape index (κ3) is 2.52. The average Bonchev–Trinajstić information content (AvgIpc) is 2.99. The maximum atomic E-state index is 13.1. The van der Waals surface area contributed by atoms with Gasteiger partial charge in [0.05, 0.1) is 5.57 Å². The van der Waals surface area contributed by atoms with E-state index in [2.05, 4.69) is 0 Å². The molecule has 0 unspecified atom stereocenters. The van der Waals surface area contributed by atoms with E-state index in [4.69, 9.17) is 16.3 Å². The van der Waals surface area contributed by atoms with Gasteiger partial charge in [-0.05, 0) is 24.3 Å². The van der Waals surface area contributed by atoms with E-state index in [1.165, 1.54) is 0 Å². The molecule has 0 atom stereocenters. The summed E-state index contributed by atoms with van der Waals surface area (Å²) in [5.74, 6) is 0.596. The van der Waals surface area contributed by atoms with Crippen molar-refractivity contribution in [2.24, 2.45) is 0 Å². The molecule has 0 amide bonds. The molecule has 0 aromatic heterocycles. The van der Waals surface area contributed by atoms with Gasteiger partial charge < -0.3 is 4.74 Å². The highest BCUT2D eigenvalue weighted by atomic mass is 35.5. The predicted octanol–water partition coefficient (Wildman–Crippen LogP) is 5.61. The third-order valence-corrected chi connectivity index (χ3v) is 5.16. The number of fused-ring (bicyclic) bond motifs is 2. The molecular formula is C24H13ClO3. The maximum Gasteiger partial charge on any atom is 0.198 e. The van der Waals surface area contributed by atoms with Crippen LogP contribution in [0.15, 0.2) is 84.4 Å². The summed E-state index contributed by atoms with van der Waals surface area (Å²) in [6.45, 7) is 0. The van der Waals surface area contributed by atoms with Crippen molar-refractivity contribution in [3.63, 3.8) is 0 Å². The molecule has 0 spiro atoms. The van der Waals surface area contributed by atoms with Crippen molar-refractivity contribution in [2.75, 3.05) is 0 Å². The molecule has 3 nitrogen and oxygen atoms in total. The van der Waals surface area contributed by atoms with Gasteiger partial charge in [0.15, 0.2) is 11.6 Å². The third-order valence-electron chi connectivity index (χ3n) is 4.93. The lowest BCUT2D eigenvalue weighted by Crippen LogP contribution is -2.10. The van der Waals surface area contributed by atoms with E-state index in [0.717, 1.165) is 5.56 Å². The number of benzene rings is 3. The summed E-state index contributed by atoms with van der Waals surface area (Å²) in [5.41, 5.74) is 3.04. The zero-order chi connectivity index (χ0) is 19.3. The fourth-order valence-electron chi connectivity index (χ4n) is 3.61. The Morgan fingerprint density at radius 1 is 0.714 bits per heavy atom. The Labute approximate surface area is 166 Å². The lowest BCUT2D eigenvalue weighted by Gasteiger charge is -2.21. The molecule has 1 heterocycles.